The molecule has 1 unspecified atom stereocenters. The topological polar surface area (TPSA) is 92.8 Å². The van der Waals surface area contributed by atoms with Crippen LogP contribution in [0.2, 0.25) is 0 Å². The van der Waals surface area contributed by atoms with E-state index in [1.165, 1.54) is 4.31 Å². The molecule has 0 saturated carbocycles. The van der Waals surface area contributed by atoms with E-state index in [4.69, 9.17) is 4.74 Å². The number of hydrogen-bond acceptors (Lipinski definition) is 5. The summed E-state index contributed by atoms with van der Waals surface area (Å²) in [6.07, 6.45) is -1.05. The summed E-state index contributed by atoms with van der Waals surface area (Å²) >= 11 is 0. The van der Waals surface area contributed by atoms with Crippen LogP contribution >= 0.6 is 0 Å². The zero-order valence-electron chi connectivity index (χ0n) is 20.8. The normalized spacial score (nSPS) is 15.6. The highest BCUT2D eigenvalue weighted by molar-refractivity contribution is 7.92. The highest BCUT2D eigenvalue weighted by atomic mass is 32.2. The number of nitrogens with one attached hydrogen (secondary N) is 1. The molecule has 0 bridgehead atoms. The van der Waals surface area contributed by atoms with Gasteiger partial charge in [0.15, 0.2) is 11.9 Å². The summed E-state index contributed by atoms with van der Waals surface area (Å²) in [6.45, 7) is 7.75. The molecule has 1 amide bonds. The molecule has 3 aromatic carbocycles. The van der Waals surface area contributed by atoms with Crippen molar-refractivity contribution in [3.63, 3.8) is 0 Å². The number of amides is 1. The molecule has 1 aliphatic rings. The molecule has 1 heterocycles. The Bertz CT molecular complexity index is 1390. The first-order valence-corrected chi connectivity index (χ1v) is 13.4. The number of benzene rings is 3. The molecule has 1 atom stereocenters. The van der Waals surface area contributed by atoms with Gasteiger partial charge in [-0.15, -0.1) is 0 Å². The van der Waals surface area contributed by atoms with E-state index >= 15 is 0 Å². The van der Waals surface area contributed by atoms with E-state index in [-0.39, 0.29) is 23.5 Å². The fourth-order valence-electron chi connectivity index (χ4n) is 4.01. The van der Waals surface area contributed by atoms with Gasteiger partial charge in [-0.05, 0) is 42.2 Å². The minimum Gasteiger partial charge on any atom is -0.476 e. The summed E-state index contributed by atoms with van der Waals surface area (Å²) in [6, 6.07) is 20.9. The zero-order valence-corrected chi connectivity index (χ0v) is 21.6. The van der Waals surface area contributed by atoms with Crippen LogP contribution in [-0.4, -0.2) is 38.5 Å². The van der Waals surface area contributed by atoms with Crippen molar-refractivity contribution in [2.45, 2.75) is 39.2 Å². The van der Waals surface area contributed by atoms with Crippen LogP contribution in [0.25, 0.3) is 0 Å². The smallest absolute Gasteiger partial charge is 0.267 e. The van der Waals surface area contributed by atoms with E-state index in [0.29, 0.717) is 28.3 Å². The number of fused-ring (bicyclic) bond motifs is 1. The van der Waals surface area contributed by atoms with E-state index in [9.17, 15) is 18.0 Å². The Kier molecular flexibility index (Phi) is 6.91. The van der Waals surface area contributed by atoms with Crippen LogP contribution < -0.4 is 14.4 Å². The first-order valence-electron chi connectivity index (χ1n) is 11.8. The second-order valence-corrected chi connectivity index (χ2v) is 11.9. The van der Waals surface area contributed by atoms with Crippen LogP contribution in [0.1, 0.15) is 49.2 Å². The van der Waals surface area contributed by atoms with Crippen molar-refractivity contribution in [2.24, 2.45) is 0 Å². The van der Waals surface area contributed by atoms with Crippen LogP contribution in [0.5, 0.6) is 5.75 Å². The Morgan fingerprint density at radius 2 is 1.67 bits per heavy atom. The van der Waals surface area contributed by atoms with Gasteiger partial charge >= 0.3 is 0 Å². The van der Waals surface area contributed by atoms with Gasteiger partial charge in [0.05, 0.1) is 18.0 Å². The number of ketones is 1. The molecule has 3 aromatic rings. The lowest BCUT2D eigenvalue weighted by atomic mass is 9.86. The number of sulfonamides is 1. The zero-order chi connectivity index (χ0) is 26.1. The van der Waals surface area contributed by atoms with E-state index in [1.54, 1.807) is 55.5 Å². The highest BCUT2D eigenvalue weighted by Gasteiger charge is 2.36. The molecule has 1 N–H and O–H groups in total. The van der Waals surface area contributed by atoms with E-state index < -0.39 is 22.0 Å². The van der Waals surface area contributed by atoms with Gasteiger partial charge in [-0.2, -0.15) is 0 Å². The van der Waals surface area contributed by atoms with Gasteiger partial charge in [0, 0.05) is 16.8 Å². The molecule has 8 heteroatoms. The van der Waals surface area contributed by atoms with Crippen LogP contribution in [0, 0.1) is 0 Å². The SMILES string of the molecule is CCS(=O)(=O)N1CC(C(=O)Nc2cccc(C(=O)c3ccc(C(C)(C)C)cc3)c2)Oc2ccccc21. The van der Waals surface area contributed by atoms with Crippen molar-refractivity contribution in [3.05, 3.63) is 89.5 Å². The molecule has 0 fully saturated rings. The molecule has 0 spiro atoms. The van der Waals surface area contributed by atoms with Crippen LogP contribution in [-0.2, 0) is 20.2 Å². The Labute approximate surface area is 212 Å². The third kappa shape index (κ3) is 5.28. The fraction of sp³-hybridized carbons (Fsp3) is 0.286. The largest absolute Gasteiger partial charge is 0.476 e. The fourth-order valence-corrected chi connectivity index (χ4v) is 5.13. The molecular weight excluding hydrogens is 476 g/mol. The maximum absolute atomic E-state index is 13.1. The van der Waals surface area contributed by atoms with Crippen molar-refractivity contribution >= 4 is 33.1 Å². The van der Waals surface area contributed by atoms with Gasteiger partial charge in [-0.1, -0.05) is 69.3 Å². The van der Waals surface area contributed by atoms with E-state index in [1.807, 2.05) is 24.3 Å². The minimum atomic E-state index is -3.61. The predicted molar refractivity (Wildman–Crippen MR) is 141 cm³/mol. The molecule has 0 saturated heterocycles. The number of nitrogens with zero attached hydrogens (tertiary/aromatic N) is 1. The quantitative estimate of drug-likeness (QED) is 0.486. The summed E-state index contributed by atoms with van der Waals surface area (Å²) in [4.78, 5) is 26.1. The van der Waals surface area contributed by atoms with E-state index in [0.717, 1.165) is 5.56 Å². The highest BCUT2D eigenvalue weighted by Crippen LogP contribution is 2.35. The third-order valence-electron chi connectivity index (χ3n) is 6.13. The van der Waals surface area contributed by atoms with Crippen LogP contribution in [0.4, 0.5) is 11.4 Å². The summed E-state index contributed by atoms with van der Waals surface area (Å²) in [5.74, 6) is -0.436. The lowest BCUT2D eigenvalue weighted by Crippen LogP contribution is -2.49. The number of rotatable bonds is 6. The number of carbonyl (C=O) groups is 2. The molecule has 0 aliphatic carbocycles. The molecule has 1 aliphatic heterocycles. The van der Waals surface area contributed by atoms with Gasteiger partial charge in [0.1, 0.15) is 5.75 Å². The standard InChI is InChI=1S/C28H30N2O5S/c1-5-36(33,34)30-18-25(35-24-12-7-6-11-23(24)30)27(32)29-22-10-8-9-20(17-22)26(31)19-13-15-21(16-14-19)28(2,3)4/h6-17,25H,5,18H2,1-4H3,(H,29,32). The first-order chi connectivity index (χ1) is 17.0. The van der Waals surface area contributed by atoms with Crippen molar-refractivity contribution in [1.82, 2.24) is 0 Å². The molecule has 7 nitrogen and oxygen atoms in total. The number of ether oxygens (including phenoxy) is 1. The van der Waals surface area contributed by atoms with Gasteiger partial charge in [0.25, 0.3) is 5.91 Å². The summed E-state index contributed by atoms with van der Waals surface area (Å²) in [5.41, 5.74) is 2.94. The lowest BCUT2D eigenvalue weighted by molar-refractivity contribution is -0.122. The molecule has 4 rings (SSSR count). The second-order valence-electron chi connectivity index (χ2n) is 9.73. The van der Waals surface area contributed by atoms with Gasteiger partial charge < -0.3 is 10.1 Å². The Morgan fingerprint density at radius 1 is 0.972 bits per heavy atom. The van der Waals surface area contributed by atoms with Crippen molar-refractivity contribution in [3.8, 4) is 5.75 Å². The molecule has 188 valence electrons. The predicted octanol–water partition coefficient (Wildman–Crippen LogP) is 4.77. The number of anilines is 2. The van der Waals surface area contributed by atoms with Gasteiger partial charge in [-0.3, -0.25) is 13.9 Å². The van der Waals surface area contributed by atoms with Crippen molar-refractivity contribution in [1.29, 1.82) is 0 Å². The first kappa shape index (κ1) is 25.4. The summed E-state index contributed by atoms with van der Waals surface area (Å²) in [5, 5.41) is 2.77. The summed E-state index contributed by atoms with van der Waals surface area (Å²) < 4.78 is 32.4. The van der Waals surface area contributed by atoms with E-state index in [2.05, 4.69) is 26.1 Å². The lowest BCUT2D eigenvalue weighted by Gasteiger charge is -2.34. The van der Waals surface area contributed by atoms with Gasteiger partial charge in [0.2, 0.25) is 10.0 Å². The monoisotopic (exact) mass is 506 g/mol. The molecular formula is C28H30N2O5S. The van der Waals surface area contributed by atoms with Crippen LogP contribution in [0.3, 0.4) is 0 Å². The molecule has 0 aromatic heterocycles. The maximum atomic E-state index is 13.1. The minimum absolute atomic E-state index is 0.0144. The molecule has 36 heavy (non-hydrogen) atoms. The number of hydrogen-bond donors (Lipinski definition) is 1. The average Bonchev–Trinajstić information content (AvgIpc) is 2.87. The molecule has 0 radical (unpaired) electrons. The third-order valence-corrected chi connectivity index (χ3v) is 7.88. The van der Waals surface area contributed by atoms with Crippen molar-refractivity contribution < 1.29 is 22.7 Å². The average molecular weight is 507 g/mol. The second kappa shape index (κ2) is 9.78. The van der Waals surface area contributed by atoms with Gasteiger partial charge in [-0.25, -0.2) is 8.42 Å². The number of carbonyl (C=O) groups excluding carboxylic acids is 2. The van der Waals surface area contributed by atoms with Crippen molar-refractivity contribution in [2.75, 3.05) is 21.9 Å². The summed E-state index contributed by atoms with van der Waals surface area (Å²) in [7, 11) is -3.61. The Hall–Kier alpha value is -3.65. The number of para-hydroxylation sites is 2. The Morgan fingerprint density at radius 3 is 2.33 bits per heavy atom. The maximum Gasteiger partial charge on any atom is 0.267 e. The Balaban J connectivity index is 1.52. The van der Waals surface area contributed by atoms with Crippen LogP contribution in [0.15, 0.2) is 72.8 Å².